The zero-order valence-electron chi connectivity index (χ0n) is 12.5. The third-order valence-electron chi connectivity index (χ3n) is 4.61. The third-order valence-corrected chi connectivity index (χ3v) is 4.61. The molecular formula is C18H20FN3. The molecule has 0 aromatic heterocycles. The third kappa shape index (κ3) is 2.44. The minimum Gasteiger partial charge on any atom is -0.383 e. The summed E-state index contributed by atoms with van der Waals surface area (Å²) < 4.78 is 13.5. The van der Waals surface area contributed by atoms with E-state index in [0.717, 1.165) is 43.7 Å². The lowest BCUT2D eigenvalue weighted by atomic mass is 10.0. The van der Waals surface area contributed by atoms with E-state index in [1.165, 1.54) is 17.4 Å². The fourth-order valence-corrected chi connectivity index (χ4v) is 3.48. The standard InChI is InChI=1S/C18H20FN3/c19-15-3-1-2-13(10-15)14-4-5-17-18(11-14)22-9-8-20-12-16(22)6-7-21-17/h1-5,10-11,16,20-21H,6-9,12H2. The van der Waals surface area contributed by atoms with E-state index in [1.54, 1.807) is 12.1 Å². The van der Waals surface area contributed by atoms with Crippen LogP contribution in [0, 0.1) is 5.82 Å². The number of piperazine rings is 1. The molecule has 0 saturated carbocycles. The number of benzene rings is 2. The molecule has 1 atom stereocenters. The van der Waals surface area contributed by atoms with E-state index in [9.17, 15) is 4.39 Å². The van der Waals surface area contributed by atoms with Gasteiger partial charge in [-0.25, -0.2) is 4.39 Å². The number of hydrogen-bond donors (Lipinski definition) is 2. The van der Waals surface area contributed by atoms with Crippen LogP contribution < -0.4 is 15.5 Å². The highest BCUT2D eigenvalue weighted by molar-refractivity contribution is 5.79. The molecule has 2 aliphatic heterocycles. The highest BCUT2D eigenvalue weighted by atomic mass is 19.1. The molecule has 4 heteroatoms. The molecule has 0 amide bonds. The van der Waals surface area contributed by atoms with Gasteiger partial charge in [0.05, 0.1) is 11.4 Å². The highest BCUT2D eigenvalue weighted by Crippen LogP contribution is 2.35. The smallest absolute Gasteiger partial charge is 0.123 e. The molecule has 3 nitrogen and oxygen atoms in total. The first-order valence-electron chi connectivity index (χ1n) is 7.92. The van der Waals surface area contributed by atoms with Crippen LogP contribution in [0.25, 0.3) is 11.1 Å². The number of fused-ring (bicyclic) bond motifs is 3. The second kappa shape index (κ2) is 5.61. The van der Waals surface area contributed by atoms with Crippen LogP contribution in [0.5, 0.6) is 0 Å². The van der Waals surface area contributed by atoms with Crippen molar-refractivity contribution < 1.29 is 4.39 Å². The van der Waals surface area contributed by atoms with Gasteiger partial charge in [0.1, 0.15) is 5.82 Å². The Kier molecular flexibility index (Phi) is 3.47. The van der Waals surface area contributed by atoms with Crippen molar-refractivity contribution in [2.45, 2.75) is 12.5 Å². The Balaban J connectivity index is 1.77. The molecule has 1 saturated heterocycles. The van der Waals surface area contributed by atoms with Gasteiger partial charge in [-0.05, 0) is 41.8 Å². The van der Waals surface area contributed by atoms with Crippen molar-refractivity contribution in [3.8, 4) is 11.1 Å². The van der Waals surface area contributed by atoms with E-state index in [-0.39, 0.29) is 5.82 Å². The lowest BCUT2D eigenvalue weighted by molar-refractivity contribution is 0.466. The van der Waals surface area contributed by atoms with Crippen LogP contribution in [0.4, 0.5) is 15.8 Å². The van der Waals surface area contributed by atoms with Gasteiger partial charge in [0, 0.05) is 32.2 Å². The second-order valence-electron chi connectivity index (χ2n) is 6.01. The Morgan fingerprint density at radius 3 is 2.86 bits per heavy atom. The first-order chi connectivity index (χ1) is 10.8. The Morgan fingerprint density at radius 1 is 1.05 bits per heavy atom. The summed E-state index contributed by atoms with van der Waals surface area (Å²) in [5.74, 6) is -0.189. The van der Waals surface area contributed by atoms with E-state index < -0.39 is 0 Å². The monoisotopic (exact) mass is 297 g/mol. The van der Waals surface area contributed by atoms with Crippen molar-refractivity contribution in [1.82, 2.24) is 5.32 Å². The van der Waals surface area contributed by atoms with Gasteiger partial charge in [-0.1, -0.05) is 18.2 Å². The zero-order chi connectivity index (χ0) is 14.9. The minimum atomic E-state index is -0.189. The van der Waals surface area contributed by atoms with Crippen LogP contribution in [-0.4, -0.2) is 32.2 Å². The molecule has 0 aliphatic carbocycles. The number of nitrogens with zero attached hydrogens (tertiary/aromatic N) is 1. The Morgan fingerprint density at radius 2 is 1.95 bits per heavy atom. The summed E-state index contributed by atoms with van der Waals surface area (Å²) >= 11 is 0. The van der Waals surface area contributed by atoms with Crippen molar-refractivity contribution in [3.05, 3.63) is 48.3 Å². The van der Waals surface area contributed by atoms with Crippen molar-refractivity contribution in [1.29, 1.82) is 0 Å². The molecule has 4 rings (SSSR count). The van der Waals surface area contributed by atoms with E-state index >= 15 is 0 Å². The number of hydrogen-bond acceptors (Lipinski definition) is 3. The number of rotatable bonds is 1. The highest BCUT2D eigenvalue weighted by Gasteiger charge is 2.26. The van der Waals surface area contributed by atoms with Gasteiger partial charge in [-0.15, -0.1) is 0 Å². The predicted octanol–water partition coefficient (Wildman–Crippen LogP) is 3.09. The van der Waals surface area contributed by atoms with Crippen LogP contribution >= 0.6 is 0 Å². The summed E-state index contributed by atoms with van der Waals surface area (Å²) in [5, 5.41) is 7.01. The summed E-state index contributed by atoms with van der Waals surface area (Å²) in [6.07, 6.45) is 1.14. The van der Waals surface area contributed by atoms with Crippen LogP contribution in [-0.2, 0) is 0 Å². The average Bonchev–Trinajstić information content (AvgIpc) is 2.74. The zero-order valence-corrected chi connectivity index (χ0v) is 12.5. The first kappa shape index (κ1) is 13.6. The molecule has 2 aromatic rings. The Labute approximate surface area is 130 Å². The van der Waals surface area contributed by atoms with Gasteiger partial charge in [0.2, 0.25) is 0 Å². The van der Waals surface area contributed by atoms with Crippen molar-refractivity contribution in [3.63, 3.8) is 0 Å². The molecule has 114 valence electrons. The topological polar surface area (TPSA) is 27.3 Å². The van der Waals surface area contributed by atoms with Gasteiger partial charge in [-0.2, -0.15) is 0 Å². The van der Waals surface area contributed by atoms with Gasteiger partial charge in [-0.3, -0.25) is 0 Å². The maximum atomic E-state index is 13.5. The van der Waals surface area contributed by atoms with Gasteiger partial charge < -0.3 is 15.5 Å². The molecule has 1 unspecified atom stereocenters. The largest absolute Gasteiger partial charge is 0.383 e. The van der Waals surface area contributed by atoms with E-state index in [1.807, 2.05) is 6.07 Å². The van der Waals surface area contributed by atoms with Crippen LogP contribution in [0.2, 0.25) is 0 Å². The van der Waals surface area contributed by atoms with E-state index in [2.05, 4.69) is 33.7 Å². The van der Waals surface area contributed by atoms with Gasteiger partial charge in [0.15, 0.2) is 0 Å². The Hall–Kier alpha value is -2.07. The normalized spacial score (nSPS) is 20.6. The first-order valence-corrected chi connectivity index (χ1v) is 7.92. The fraction of sp³-hybridized carbons (Fsp3) is 0.333. The quantitative estimate of drug-likeness (QED) is 0.847. The molecule has 2 heterocycles. The summed E-state index contributed by atoms with van der Waals surface area (Å²) in [6.45, 7) is 4.06. The maximum absolute atomic E-state index is 13.5. The summed E-state index contributed by atoms with van der Waals surface area (Å²) in [4.78, 5) is 2.49. The lowest BCUT2D eigenvalue weighted by Crippen LogP contribution is -2.51. The van der Waals surface area contributed by atoms with Crippen LogP contribution in [0.1, 0.15) is 6.42 Å². The lowest BCUT2D eigenvalue weighted by Gasteiger charge is -2.37. The molecule has 22 heavy (non-hydrogen) atoms. The average molecular weight is 297 g/mol. The molecule has 0 spiro atoms. The number of nitrogens with one attached hydrogen (secondary N) is 2. The van der Waals surface area contributed by atoms with Crippen molar-refractivity contribution >= 4 is 11.4 Å². The van der Waals surface area contributed by atoms with Crippen molar-refractivity contribution in [2.24, 2.45) is 0 Å². The second-order valence-corrected chi connectivity index (χ2v) is 6.01. The minimum absolute atomic E-state index is 0.189. The molecular weight excluding hydrogens is 277 g/mol. The number of anilines is 2. The van der Waals surface area contributed by atoms with E-state index in [0.29, 0.717) is 6.04 Å². The maximum Gasteiger partial charge on any atom is 0.123 e. The molecule has 2 aliphatic rings. The summed E-state index contributed by atoms with van der Waals surface area (Å²) in [7, 11) is 0. The molecule has 0 radical (unpaired) electrons. The molecule has 2 N–H and O–H groups in total. The predicted molar refractivity (Wildman–Crippen MR) is 88.9 cm³/mol. The molecule has 2 aromatic carbocycles. The fourth-order valence-electron chi connectivity index (χ4n) is 3.48. The van der Waals surface area contributed by atoms with Crippen LogP contribution in [0.15, 0.2) is 42.5 Å². The number of halogens is 1. The van der Waals surface area contributed by atoms with E-state index in [4.69, 9.17) is 0 Å². The Bertz CT molecular complexity index is 686. The summed E-state index contributed by atoms with van der Waals surface area (Å²) in [5.41, 5.74) is 4.42. The molecule has 0 bridgehead atoms. The molecule has 1 fully saturated rings. The SMILES string of the molecule is Fc1cccc(-c2ccc3c(c2)N2CCNCC2CCN3)c1. The van der Waals surface area contributed by atoms with Crippen molar-refractivity contribution in [2.75, 3.05) is 36.4 Å². The van der Waals surface area contributed by atoms with Gasteiger partial charge >= 0.3 is 0 Å². The summed E-state index contributed by atoms with van der Waals surface area (Å²) in [6, 6.07) is 13.7. The van der Waals surface area contributed by atoms with Gasteiger partial charge in [0.25, 0.3) is 0 Å². The van der Waals surface area contributed by atoms with Crippen LogP contribution in [0.3, 0.4) is 0 Å².